The number of benzene rings is 1. The van der Waals surface area contributed by atoms with E-state index in [4.69, 9.17) is 4.74 Å². The molecule has 132 valence electrons. The number of carbonyl (C=O) groups excluding carboxylic acids is 1. The van der Waals surface area contributed by atoms with Crippen LogP contribution in [0.4, 0.5) is 0 Å². The highest BCUT2D eigenvalue weighted by Crippen LogP contribution is 2.19. The molecule has 0 saturated carbocycles. The number of hydrogen-bond donors (Lipinski definition) is 1. The average molecular weight is 330 g/mol. The summed E-state index contributed by atoms with van der Waals surface area (Å²) < 4.78 is 5.36. The summed E-state index contributed by atoms with van der Waals surface area (Å²) in [5.41, 5.74) is 1.41. The SMILES string of the molecule is O=C(CC1CCOCC1)NC1CCN(CCc2ccccc2)CC1. The minimum Gasteiger partial charge on any atom is -0.381 e. The molecule has 0 aliphatic carbocycles. The molecular formula is C20H30N2O2. The lowest BCUT2D eigenvalue weighted by Gasteiger charge is -2.32. The van der Waals surface area contributed by atoms with Gasteiger partial charge in [0.15, 0.2) is 0 Å². The average Bonchev–Trinajstić information content (AvgIpc) is 2.63. The van der Waals surface area contributed by atoms with Crippen LogP contribution in [-0.4, -0.2) is 49.7 Å². The van der Waals surface area contributed by atoms with Crippen LogP contribution < -0.4 is 5.32 Å². The van der Waals surface area contributed by atoms with E-state index >= 15 is 0 Å². The Balaban J connectivity index is 1.32. The number of hydrogen-bond acceptors (Lipinski definition) is 3. The van der Waals surface area contributed by atoms with E-state index in [9.17, 15) is 4.79 Å². The van der Waals surface area contributed by atoms with Gasteiger partial charge in [0.1, 0.15) is 0 Å². The van der Waals surface area contributed by atoms with Gasteiger partial charge in [-0.2, -0.15) is 0 Å². The highest BCUT2D eigenvalue weighted by Gasteiger charge is 2.22. The Morgan fingerprint density at radius 3 is 2.50 bits per heavy atom. The molecule has 0 bridgehead atoms. The second kappa shape index (κ2) is 9.19. The van der Waals surface area contributed by atoms with Gasteiger partial charge in [0, 0.05) is 45.3 Å². The first-order valence-electron chi connectivity index (χ1n) is 9.43. The summed E-state index contributed by atoms with van der Waals surface area (Å²) in [6, 6.07) is 11.0. The number of likely N-dealkylation sites (tertiary alicyclic amines) is 1. The Bertz CT molecular complexity index is 492. The molecular weight excluding hydrogens is 300 g/mol. The van der Waals surface area contributed by atoms with E-state index < -0.39 is 0 Å². The standard InChI is InChI=1S/C20H30N2O2/c23-20(16-18-9-14-24-15-10-18)21-19-7-12-22(13-8-19)11-6-17-4-2-1-3-5-17/h1-5,18-19H,6-16H2,(H,21,23). The van der Waals surface area contributed by atoms with E-state index in [1.165, 1.54) is 5.56 Å². The Kier molecular flexibility index (Phi) is 6.67. The molecule has 3 rings (SSSR count). The van der Waals surface area contributed by atoms with Crippen molar-refractivity contribution in [3.05, 3.63) is 35.9 Å². The lowest BCUT2D eigenvalue weighted by molar-refractivity contribution is -0.123. The van der Waals surface area contributed by atoms with Crippen molar-refractivity contribution in [1.82, 2.24) is 10.2 Å². The monoisotopic (exact) mass is 330 g/mol. The van der Waals surface area contributed by atoms with E-state index in [-0.39, 0.29) is 5.91 Å². The molecule has 0 aromatic heterocycles. The highest BCUT2D eigenvalue weighted by atomic mass is 16.5. The molecule has 4 nitrogen and oxygen atoms in total. The summed E-state index contributed by atoms with van der Waals surface area (Å²) in [5.74, 6) is 0.759. The fourth-order valence-corrected chi connectivity index (χ4v) is 3.73. The Morgan fingerprint density at radius 1 is 1.08 bits per heavy atom. The van der Waals surface area contributed by atoms with Crippen LogP contribution in [0.2, 0.25) is 0 Å². The predicted octanol–water partition coefficient (Wildman–Crippen LogP) is 2.63. The van der Waals surface area contributed by atoms with E-state index in [2.05, 4.69) is 40.5 Å². The molecule has 2 aliphatic heterocycles. The number of piperidine rings is 1. The van der Waals surface area contributed by atoms with Crippen molar-refractivity contribution < 1.29 is 9.53 Å². The summed E-state index contributed by atoms with van der Waals surface area (Å²) in [5, 5.41) is 3.25. The van der Waals surface area contributed by atoms with Crippen molar-refractivity contribution in [2.45, 2.75) is 44.6 Å². The van der Waals surface area contributed by atoms with E-state index in [0.29, 0.717) is 18.4 Å². The molecule has 4 heteroatoms. The van der Waals surface area contributed by atoms with Crippen molar-refractivity contribution in [2.75, 3.05) is 32.8 Å². The third-order valence-electron chi connectivity index (χ3n) is 5.33. The van der Waals surface area contributed by atoms with Gasteiger partial charge in [-0.25, -0.2) is 0 Å². The van der Waals surface area contributed by atoms with Crippen molar-refractivity contribution in [3.8, 4) is 0 Å². The Hall–Kier alpha value is -1.39. The van der Waals surface area contributed by atoms with Crippen LogP contribution in [-0.2, 0) is 16.0 Å². The van der Waals surface area contributed by atoms with Crippen LogP contribution in [0, 0.1) is 5.92 Å². The zero-order chi connectivity index (χ0) is 16.6. The maximum absolute atomic E-state index is 12.2. The number of amides is 1. The van der Waals surface area contributed by atoms with Gasteiger partial charge in [0.25, 0.3) is 0 Å². The first-order chi connectivity index (χ1) is 11.8. The molecule has 1 amide bonds. The number of rotatable bonds is 6. The molecule has 2 saturated heterocycles. The highest BCUT2D eigenvalue weighted by molar-refractivity contribution is 5.76. The van der Waals surface area contributed by atoms with E-state index in [0.717, 1.165) is 65.0 Å². The molecule has 2 fully saturated rings. The lowest BCUT2D eigenvalue weighted by Crippen LogP contribution is -2.45. The smallest absolute Gasteiger partial charge is 0.220 e. The lowest BCUT2D eigenvalue weighted by atomic mass is 9.95. The first kappa shape index (κ1) is 17.4. The van der Waals surface area contributed by atoms with Crippen LogP contribution >= 0.6 is 0 Å². The van der Waals surface area contributed by atoms with E-state index in [1.54, 1.807) is 0 Å². The van der Waals surface area contributed by atoms with Crippen molar-refractivity contribution in [1.29, 1.82) is 0 Å². The van der Waals surface area contributed by atoms with Crippen molar-refractivity contribution in [2.24, 2.45) is 5.92 Å². The van der Waals surface area contributed by atoms with Gasteiger partial charge >= 0.3 is 0 Å². The van der Waals surface area contributed by atoms with Gasteiger partial charge < -0.3 is 15.0 Å². The molecule has 1 aromatic rings. The largest absolute Gasteiger partial charge is 0.381 e. The van der Waals surface area contributed by atoms with Gasteiger partial charge in [-0.15, -0.1) is 0 Å². The zero-order valence-electron chi connectivity index (χ0n) is 14.6. The summed E-state index contributed by atoms with van der Waals surface area (Å²) in [4.78, 5) is 14.7. The number of nitrogens with one attached hydrogen (secondary N) is 1. The minimum absolute atomic E-state index is 0.240. The molecule has 2 heterocycles. The minimum atomic E-state index is 0.240. The molecule has 0 spiro atoms. The first-order valence-corrected chi connectivity index (χ1v) is 9.43. The zero-order valence-corrected chi connectivity index (χ0v) is 14.6. The molecule has 24 heavy (non-hydrogen) atoms. The van der Waals surface area contributed by atoms with Crippen LogP contribution in [0.1, 0.15) is 37.7 Å². The normalized spacial score (nSPS) is 20.8. The molecule has 0 atom stereocenters. The third kappa shape index (κ3) is 5.60. The van der Waals surface area contributed by atoms with Crippen molar-refractivity contribution >= 4 is 5.91 Å². The van der Waals surface area contributed by atoms with Gasteiger partial charge in [-0.3, -0.25) is 4.79 Å². The maximum Gasteiger partial charge on any atom is 0.220 e. The Morgan fingerprint density at radius 2 is 1.79 bits per heavy atom. The third-order valence-corrected chi connectivity index (χ3v) is 5.33. The molecule has 1 N–H and O–H groups in total. The number of nitrogens with zero attached hydrogens (tertiary/aromatic N) is 1. The van der Waals surface area contributed by atoms with Gasteiger partial charge in [-0.05, 0) is 43.6 Å². The van der Waals surface area contributed by atoms with Gasteiger partial charge in [0.05, 0.1) is 0 Å². The second-order valence-corrected chi connectivity index (χ2v) is 7.18. The summed E-state index contributed by atoms with van der Waals surface area (Å²) in [6.07, 6.45) is 6.01. The van der Waals surface area contributed by atoms with Crippen LogP contribution in [0.25, 0.3) is 0 Å². The topological polar surface area (TPSA) is 41.6 Å². The fourth-order valence-electron chi connectivity index (χ4n) is 3.73. The molecule has 2 aliphatic rings. The summed E-state index contributed by atoms with van der Waals surface area (Å²) in [7, 11) is 0. The molecule has 0 radical (unpaired) electrons. The van der Waals surface area contributed by atoms with Crippen molar-refractivity contribution in [3.63, 3.8) is 0 Å². The summed E-state index contributed by atoms with van der Waals surface area (Å²) in [6.45, 7) is 4.94. The molecule has 0 unspecified atom stereocenters. The predicted molar refractivity (Wildman–Crippen MR) is 95.9 cm³/mol. The number of carbonyl (C=O) groups is 1. The van der Waals surface area contributed by atoms with Gasteiger partial charge in [-0.1, -0.05) is 30.3 Å². The summed E-state index contributed by atoms with van der Waals surface area (Å²) >= 11 is 0. The maximum atomic E-state index is 12.2. The Labute approximate surface area is 145 Å². The van der Waals surface area contributed by atoms with E-state index in [1.807, 2.05) is 0 Å². The molecule has 1 aromatic carbocycles. The van der Waals surface area contributed by atoms with Gasteiger partial charge in [0.2, 0.25) is 5.91 Å². The van der Waals surface area contributed by atoms with Crippen LogP contribution in [0.15, 0.2) is 30.3 Å². The fraction of sp³-hybridized carbons (Fsp3) is 0.650. The van der Waals surface area contributed by atoms with Crippen LogP contribution in [0.5, 0.6) is 0 Å². The number of ether oxygens (including phenoxy) is 1. The second-order valence-electron chi connectivity index (χ2n) is 7.18. The quantitative estimate of drug-likeness (QED) is 0.872. The van der Waals surface area contributed by atoms with Crippen LogP contribution in [0.3, 0.4) is 0 Å².